The van der Waals surface area contributed by atoms with E-state index >= 15 is 9.18 Å². The maximum absolute atomic E-state index is 15.5. The number of fused-ring (bicyclic) bond motifs is 3. The molecule has 11 rings (SSSR count). The van der Waals surface area contributed by atoms with Gasteiger partial charge in [-0.15, -0.1) is 0 Å². The molecule has 1 saturated carbocycles. The molecule has 1 amide bonds. The van der Waals surface area contributed by atoms with Crippen LogP contribution in [0.4, 0.5) is 4.39 Å². The van der Waals surface area contributed by atoms with Crippen LogP contribution in [0.3, 0.4) is 0 Å². The third-order valence-corrected chi connectivity index (χ3v) is 15.8. The van der Waals surface area contributed by atoms with Gasteiger partial charge in [0, 0.05) is 72.8 Å². The lowest BCUT2D eigenvalue weighted by Gasteiger charge is -2.34. The molecule has 66 heavy (non-hydrogen) atoms. The molecule has 5 aromatic heterocycles. The molecular formula is C48H50FN10O6P. The SMILES string of the molecule is Cc1cc(-n2nc3c(c2-n2ccn(-c4cc(P(C)(C)=O)c5c(cnn5C)c4)c2=O)[C@H](C)N(C(=O)c2cc4cc(C5CCOCC5)ccc4n2[C@@]2(c4noc(=O)[nH]4)C[C@@H]2C)CC3)cc(C)c1F. The monoisotopic (exact) mass is 912 g/mol. The van der Waals surface area contributed by atoms with Gasteiger partial charge in [0.25, 0.3) is 5.91 Å². The summed E-state index contributed by atoms with van der Waals surface area (Å²) < 4.78 is 48.0. The molecule has 2 aliphatic heterocycles. The lowest BCUT2D eigenvalue weighted by Crippen LogP contribution is -2.41. The first-order valence-corrected chi connectivity index (χ1v) is 25.0. The molecule has 0 spiro atoms. The van der Waals surface area contributed by atoms with Crippen molar-refractivity contribution in [3.63, 3.8) is 0 Å². The van der Waals surface area contributed by atoms with Gasteiger partial charge in [0.2, 0.25) is 0 Å². The van der Waals surface area contributed by atoms with E-state index in [4.69, 9.17) is 14.4 Å². The molecule has 0 unspecified atom stereocenters. The number of amides is 1. The van der Waals surface area contributed by atoms with Crippen molar-refractivity contribution in [3.05, 3.63) is 133 Å². The summed E-state index contributed by atoms with van der Waals surface area (Å²) in [5.74, 6) is -0.112. The first-order chi connectivity index (χ1) is 31.5. The van der Waals surface area contributed by atoms with Gasteiger partial charge in [0.05, 0.1) is 34.8 Å². The number of nitrogens with one attached hydrogen (secondary N) is 1. The van der Waals surface area contributed by atoms with Crippen molar-refractivity contribution in [1.82, 2.24) is 48.3 Å². The fourth-order valence-electron chi connectivity index (χ4n) is 10.8. The Kier molecular flexibility index (Phi) is 9.55. The molecule has 2 fully saturated rings. The summed E-state index contributed by atoms with van der Waals surface area (Å²) in [6.07, 6.45) is 7.84. The van der Waals surface area contributed by atoms with E-state index in [9.17, 15) is 14.2 Å². The van der Waals surface area contributed by atoms with Crippen molar-refractivity contribution in [2.75, 3.05) is 33.1 Å². The van der Waals surface area contributed by atoms with Crippen LogP contribution in [-0.4, -0.2) is 87.3 Å². The Morgan fingerprint density at radius 2 is 1.68 bits per heavy atom. The second kappa shape index (κ2) is 15.0. The van der Waals surface area contributed by atoms with Crippen LogP contribution in [-0.2, 0) is 28.3 Å². The molecule has 7 heterocycles. The summed E-state index contributed by atoms with van der Waals surface area (Å²) >= 11 is 0. The maximum Gasteiger partial charge on any atom is 0.438 e. The molecule has 0 bridgehead atoms. The number of aromatic amines is 1. The zero-order chi connectivity index (χ0) is 46.1. The van der Waals surface area contributed by atoms with Crippen molar-refractivity contribution < 1.29 is 23.0 Å². The molecule has 3 aliphatic rings. The summed E-state index contributed by atoms with van der Waals surface area (Å²) in [6.45, 7) is 12.5. The van der Waals surface area contributed by atoms with Gasteiger partial charge < -0.3 is 18.8 Å². The summed E-state index contributed by atoms with van der Waals surface area (Å²) in [7, 11) is -1.03. The highest BCUT2D eigenvalue weighted by molar-refractivity contribution is 7.70. The number of nitrogens with zero attached hydrogens (tertiary/aromatic N) is 9. The number of carbonyl (C=O) groups excluding carboxylic acids is 1. The highest BCUT2D eigenvalue weighted by Crippen LogP contribution is 2.56. The Labute approximate surface area is 377 Å². The van der Waals surface area contributed by atoms with Crippen LogP contribution in [0.1, 0.15) is 89.3 Å². The summed E-state index contributed by atoms with van der Waals surface area (Å²) in [6, 6.07) is 14.8. The molecule has 1 aliphatic carbocycles. The van der Waals surface area contributed by atoms with E-state index in [2.05, 4.69) is 40.4 Å². The van der Waals surface area contributed by atoms with E-state index in [1.807, 2.05) is 28.5 Å². The Morgan fingerprint density at radius 1 is 0.955 bits per heavy atom. The third kappa shape index (κ3) is 6.37. The number of aromatic nitrogens is 9. The van der Waals surface area contributed by atoms with Crippen LogP contribution in [0, 0.1) is 25.6 Å². The van der Waals surface area contributed by atoms with Crippen molar-refractivity contribution in [3.8, 4) is 17.2 Å². The molecule has 8 aromatic rings. The zero-order valence-electron chi connectivity index (χ0n) is 37.8. The van der Waals surface area contributed by atoms with E-state index in [1.165, 1.54) is 14.7 Å². The van der Waals surface area contributed by atoms with Crippen molar-refractivity contribution in [1.29, 1.82) is 0 Å². The molecule has 1 N–H and O–H groups in total. The van der Waals surface area contributed by atoms with E-state index in [0.717, 1.165) is 34.6 Å². The molecule has 1 saturated heterocycles. The first-order valence-electron chi connectivity index (χ1n) is 22.4. The lowest BCUT2D eigenvalue weighted by molar-refractivity contribution is 0.0663. The van der Waals surface area contributed by atoms with Crippen LogP contribution in [0.5, 0.6) is 0 Å². The number of carbonyl (C=O) groups is 1. The van der Waals surface area contributed by atoms with Gasteiger partial charge in [0.1, 0.15) is 30.0 Å². The fourth-order valence-corrected chi connectivity index (χ4v) is 12.0. The highest BCUT2D eigenvalue weighted by Gasteiger charge is 2.59. The Hall–Kier alpha value is -6.58. The number of rotatable bonds is 8. The van der Waals surface area contributed by atoms with Crippen LogP contribution >= 0.6 is 7.14 Å². The van der Waals surface area contributed by atoms with Gasteiger partial charge in [-0.2, -0.15) is 10.2 Å². The number of halogens is 1. The molecule has 340 valence electrons. The average molecular weight is 913 g/mol. The Balaban J connectivity index is 1.07. The van der Waals surface area contributed by atoms with Crippen LogP contribution in [0.2, 0.25) is 0 Å². The van der Waals surface area contributed by atoms with Gasteiger partial charge in [-0.05, 0) is 124 Å². The molecule has 3 aromatic carbocycles. The van der Waals surface area contributed by atoms with Crippen LogP contribution in [0.25, 0.3) is 39.0 Å². The van der Waals surface area contributed by atoms with E-state index in [0.29, 0.717) is 94.9 Å². The summed E-state index contributed by atoms with van der Waals surface area (Å²) in [5.41, 5.74) is 5.22. The van der Waals surface area contributed by atoms with Crippen LogP contribution in [0.15, 0.2) is 81.2 Å². The first kappa shape index (κ1) is 42.1. The minimum atomic E-state index is -2.83. The predicted octanol–water partition coefficient (Wildman–Crippen LogP) is 6.77. The topological polar surface area (TPSA) is 173 Å². The number of H-pyrrole nitrogens is 1. The number of imidazole rings is 1. The van der Waals surface area contributed by atoms with Gasteiger partial charge in [-0.1, -0.05) is 18.1 Å². The largest absolute Gasteiger partial charge is 0.438 e. The number of aryl methyl sites for hydroxylation is 3. The third-order valence-electron chi connectivity index (χ3n) is 14.3. The van der Waals surface area contributed by atoms with Gasteiger partial charge in [0.15, 0.2) is 5.82 Å². The van der Waals surface area contributed by atoms with Gasteiger partial charge in [-0.3, -0.25) is 28.1 Å². The number of ether oxygens (including phenoxy) is 1. The Bertz CT molecular complexity index is 3460. The molecular weight excluding hydrogens is 863 g/mol. The smallest absolute Gasteiger partial charge is 0.381 e. The van der Waals surface area contributed by atoms with Crippen molar-refractivity contribution >= 4 is 40.2 Å². The van der Waals surface area contributed by atoms with Gasteiger partial charge in [-0.25, -0.2) is 18.7 Å². The van der Waals surface area contributed by atoms with E-state index in [-0.39, 0.29) is 17.6 Å². The summed E-state index contributed by atoms with van der Waals surface area (Å²) in [4.78, 5) is 47.5. The maximum atomic E-state index is 15.5. The highest BCUT2D eigenvalue weighted by atomic mass is 31.2. The lowest BCUT2D eigenvalue weighted by atomic mass is 9.91. The number of benzene rings is 3. The predicted molar refractivity (Wildman–Crippen MR) is 247 cm³/mol. The molecule has 0 radical (unpaired) electrons. The zero-order valence-corrected chi connectivity index (χ0v) is 38.7. The fraction of sp³-hybridized carbons (Fsp3) is 0.375. The molecule has 16 nitrogen and oxygen atoms in total. The minimum Gasteiger partial charge on any atom is -0.381 e. The van der Waals surface area contributed by atoms with Crippen molar-refractivity contribution in [2.24, 2.45) is 13.0 Å². The second-order valence-corrected chi connectivity index (χ2v) is 22.0. The van der Waals surface area contributed by atoms with Crippen LogP contribution < -0.4 is 16.8 Å². The number of hydrogen-bond acceptors (Lipinski definition) is 9. The average Bonchev–Trinajstić information content (AvgIpc) is 3.92. The number of hydrogen-bond donors (Lipinski definition) is 1. The van der Waals surface area contributed by atoms with E-state index < -0.39 is 30.2 Å². The normalized spacial score (nSPS) is 20.2. The molecule has 3 atom stereocenters. The van der Waals surface area contributed by atoms with Crippen molar-refractivity contribution in [2.45, 2.75) is 70.9 Å². The summed E-state index contributed by atoms with van der Waals surface area (Å²) in [5, 5.41) is 16.0. The van der Waals surface area contributed by atoms with Gasteiger partial charge >= 0.3 is 11.4 Å². The Morgan fingerprint density at radius 3 is 2.36 bits per heavy atom. The standard InChI is InChI=1S/C48H50FN10O6P/c1-26-18-35(19-27(2)41(26)49)59-43(57-15-14-56(47(57)62)34-21-33-25-50-54(5)42(33)39(23-34)66(6,7)63)40-29(4)55(13-10-36(40)52-59)44(60)38-22-32-20-31(30-11-16-64-17-12-30)8-9-37(32)58(38)48(24-28(48)3)45-51-46(61)65-53-45/h8-9,14-15,18-23,25,28-30H,10-13,16-17,24H2,1-7H3,(H,51,53,61)/t28-,29-,48-/m0/s1. The quantitative estimate of drug-likeness (QED) is 0.162. The minimum absolute atomic E-state index is 0.0147. The van der Waals surface area contributed by atoms with E-state index in [1.54, 1.807) is 80.4 Å². The molecule has 18 heteroatoms. The second-order valence-electron chi connectivity index (χ2n) is 18.8.